The summed E-state index contributed by atoms with van der Waals surface area (Å²) in [6.07, 6.45) is 3.61. The first-order chi connectivity index (χ1) is 5.33. The zero-order valence-corrected chi connectivity index (χ0v) is 7.03. The maximum atomic E-state index is 5.44. The van der Waals surface area contributed by atoms with E-state index in [2.05, 4.69) is 16.9 Å². The lowest BCUT2D eigenvalue weighted by Crippen LogP contribution is -2.11. The molecule has 0 radical (unpaired) electrons. The molecule has 0 aromatic carbocycles. The lowest BCUT2D eigenvalue weighted by Gasteiger charge is -1.95. The quantitative estimate of drug-likeness (QED) is 0.522. The van der Waals surface area contributed by atoms with Gasteiger partial charge in [-0.1, -0.05) is 6.08 Å². The minimum atomic E-state index is 0.625. The van der Waals surface area contributed by atoms with E-state index in [-0.39, 0.29) is 0 Å². The fourth-order valence-electron chi connectivity index (χ4n) is 0.702. The van der Waals surface area contributed by atoms with Gasteiger partial charge in [0.1, 0.15) is 0 Å². The summed E-state index contributed by atoms with van der Waals surface area (Å²) in [6.45, 7) is 5.24. The summed E-state index contributed by atoms with van der Waals surface area (Å²) in [5.41, 5.74) is 5.44. The second-order valence-electron chi connectivity index (χ2n) is 2.08. The van der Waals surface area contributed by atoms with Gasteiger partial charge < -0.3 is 11.1 Å². The maximum Gasteiger partial charge on any atom is 0.180 e. The largest absolute Gasteiger partial charge is 0.375 e. The van der Waals surface area contributed by atoms with E-state index in [1.807, 2.05) is 6.08 Å². The number of rotatable bonds is 4. The number of nitrogen functional groups attached to an aromatic ring is 1. The molecule has 1 aromatic heterocycles. The molecule has 3 nitrogen and oxygen atoms in total. The minimum Gasteiger partial charge on any atom is -0.375 e. The molecule has 4 heteroatoms. The van der Waals surface area contributed by atoms with Crippen LogP contribution < -0.4 is 11.1 Å². The molecule has 3 N–H and O–H groups in total. The Labute approximate surface area is 70.0 Å². The van der Waals surface area contributed by atoms with E-state index < -0.39 is 0 Å². The van der Waals surface area contributed by atoms with Crippen molar-refractivity contribution in [1.29, 1.82) is 0 Å². The third-order valence-electron chi connectivity index (χ3n) is 1.16. The molecule has 0 bridgehead atoms. The lowest BCUT2D eigenvalue weighted by molar-refractivity contribution is 0.769. The van der Waals surface area contributed by atoms with Crippen molar-refractivity contribution in [3.05, 3.63) is 23.7 Å². The van der Waals surface area contributed by atoms with Gasteiger partial charge in [0.15, 0.2) is 5.13 Å². The zero-order chi connectivity index (χ0) is 8.10. The average Bonchev–Trinajstić information content (AvgIpc) is 2.37. The van der Waals surface area contributed by atoms with Crippen LogP contribution in [0.5, 0.6) is 0 Å². The van der Waals surface area contributed by atoms with Crippen molar-refractivity contribution < 1.29 is 0 Å². The number of nitrogens with zero attached hydrogens (tertiary/aromatic N) is 1. The van der Waals surface area contributed by atoms with Crippen molar-refractivity contribution >= 4 is 16.5 Å². The molecule has 0 aliphatic heterocycles. The van der Waals surface area contributed by atoms with Crippen LogP contribution in [-0.4, -0.2) is 11.5 Å². The minimum absolute atomic E-state index is 0.625. The van der Waals surface area contributed by atoms with Gasteiger partial charge in [0, 0.05) is 24.2 Å². The molecule has 1 aromatic rings. The van der Waals surface area contributed by atoms with Crippen LogP contribution in [0.1, 0.15) is 4.88 Å². The molecule has 0 atom stereocenters. The smallest absolute Gasteiger partial charge is 0.180 e. The Kier molecular flexibility index (Phi) is 3.07. The van der Waals surface area contributed by atoms with Gasteiger partial charge in [-0.05, 0) is 0 Å². The van der Waals surface area contributed by atoms with E-state index in [1.165, 1.54) is 11.3 Å². The molecule has 0 unspecified atom stereocenters. The van der Waals surface area contributed by atoms with Crippen molar-refractivity contribution in [1.82, 2.24) is 10.3 Å². The SMILES string of the molecule is C=CCNCc1cnc(N)s1. The summed E-state index contributed by atoms with van der Waals surface area (Å²) in [4.78, 5) is 5.08. The number of thiazole rings is 1. The van der Waals surface area contributed by atoms with Crippen molar-refractivity contribution in [3.63, 3.8) is 0 Å². The first-order valence-electron chi connectivity index (χ1n) is 3.34. The van der Waals surface area contributed by atoms with Crippen LogP contribution in [0.15, 0.2) is 18.9 Å². The first kappa shape index (κ1) is 8.23. The highest BCUT2D eigenvalue weighted by Gasteiger charge is 1.95. The Morgan fingerprint density at radius 3 is 3.18 bits per heavy atom. The van der Waals surface area contributed by atoms with E-state index >= 15 is 0 Å². The van der Waals surface area contributed by atoms with Crippen LogP contribution in [-0.2, 0) is 6.54 Å². The normalized spacial score (nSPS) is 9.82. The van der Waals surface area contributed by atoms with Crippen molar-refractivity contribution in [3.8, 4) is 0 Å². The number of aromatic nitrogens is 1. The molecular formula is C7H11N3S. The van der Waals surface area contributed by atoms with Gasteiger partial charge in [-0.3, -0.25) is 0 Å². The Morgan fingerprint density at radius 2 is 2.64 bits per heavy atom. The molecule has 11 heavy (non-hydrogen) atoms. The third kappa shape index (κ3) is 2.69. The van der Waals surface area contributed by atoms with Gasteiger partial charge in [0.2, 0.25) is 0 Å². The maximum absolute atomic E-state index is 5.44. The highest BCUT2D eigenvalue weighted by Crippen LogP contribution is 2.13. The second-order valence-corrected chi connectivity index (χ2v) is 3.23. The molecule has 0 spiro atoms. The summed E-state index contributed by atoms with van der Waals surface area (Å²) in [6, 6.07) is 0. The van der Waals surface area contributed by atoms with Crippen LogP contribution >= 0.6 is 11.3 Å². The van der Waals surface area contributed by atoms with Crippen LogP contribution in [0, 0.1) is 0 Å². The van der Waals surface area contributed by atoms with Crippen LogP contribution in [0.3, 0.4) is 0 Å². The van der Waals surface area contributed by atoms with E-state index in [9.17, 15) is 0 Å². The predicted molar refractivity (Wildman–Crippen MR) is 48.4 cm³/mol. The van der Waals surface area contributed by atoms with E-state index in [4.69, 9.17) is 5.73 Å². The average molecular weight is 169 g/mol. The van der Waals surface area contributed by atoms with Gasteiger partial charge in [-0.2, -0.15) is 0 Å². The molecule has 1 heterocycles. The van der Waals surface area contributed by atoms with E-state index in [1.54, 1.807) is 6.20 Å². The van der Waals surface area contributed by atoms with Crippen molar-refractivity contribution in [2.45, 2.75) is 6.54 Å². The molecule has 0 amide bonds. The molecule has 0 aliphatic rings. The number of hydrogen-bond donors (Lipinski definition) is 2. The summed E-state index contributed by atoms with van der Waals surface area (Å²) >= 11 is 1.51. The van der Waals surface area contributed by atoms with Gasteiger partial charge in [0.05, 0.1) is 0 Å². The Hall–Kier alpha value is -0.870. The van der Waals surface area contributed by atoms with Crippen LogP contribution in [0.25, 0.3) is 0 Å². The fourth-order valence-corrected chi connectivity index (χ4v) is 1.36. The topological polar surface area (TPSA) is 50.9 Å². The van der Waals surface area contributed by atoms with Gasteiger partial charge in [-0.15, -0.1) is 17.9 Å². The van der Waals surface area contributed by atoms with Gasteiger partial charge in [-0.25, -0.2) is 4.98 Å². The molecule has 0 saturated carbocycles. The predicted octanol–water partition coefficient (Wildman–Crippen LogP) is 1.00. The number of hydrogen-bond acceptors (Lipinski definition) is 4. The lowest BCUT2D eigenvalue weighted by atomic mass is 10.5. The highest BCUT2D eigenvalue weighted by molar-refractivity contribution is 7.15. The summed E-state index contributed by atoms with van der Waals surface area (Å²) < 4.78 is 0. The molecule has 0 aliphatic carbocycles. The van der Waals surface area contributed by atoms with Crippen LogP contribution in [0.4, 0.5) is 5.13 Å². The Bertz CT molecular complexity index is 231. The second kappa shape index (κ2) is 4.10. The molecular weight excluding hydrogens is 158 g/mol. The van der Waals surface area contributed by atoms with Gasteiger partial charge in [0.25, 0.3) is 0 Å². The zero-order valence-electron chi connectivity index (χ0n) is 6.21. The van der Waals surface area contributed by atoms with E-state index in [0.29, 0.717) is 5.13 Å². The number of nitrogens with one attached hydrogen (secondary N) is 1. The summed E-state index contributed by atoms with van der Waals surface area (Å²) in [7, 11) is 0. The Balaban J connectivity index is 2.32. The number of anilines is 1. The standard InChI is InChI=1S/C7H11N3S/c1-2-3-9-4-6-5-10-7(8)11-6/h2,5,9H,1,3-4H2,(H2,8,10). The summed E-state index contributed by atoms with van der Waals surface area (Å²) in [5, 5.41) is 3.79. The molecule has 0 fully saturated rings. The number of nitrogens with two attached hydrogens (primary N) is 1. The highest BCUT2D eigenvalue weighted by atomic mass is 32.1. The van der Waals surface area contributed by atoms with E-state index in [0.717, 1.165) is 18.0 Å². The van der Waals surface area contributed by atoms with Crippen molar-refractivity contribution in [2.75, 3.05) is 12.3 Å². The summed E-state index contributed by atoms with van der Waals surface area (Å²) in [5.74, 6) is 0. The van der Waals surface area contributed by atoms with Crippen molar-refractivity contribution in [2.24, 2.45) is 0 Å². The Morgan fingerprint density at radius 1 is 1.82 bits per heavy atom. The first-order valence-corrected chi connectivity index (χ1v) is 4.16. The van der Waals surface area contributed by atoms with Crippen LogP contribution in [0.2, 0.25) is 0 Å². The fraction of sp³-hybridized carbons (Fsp3) is 0.286. The third-order valence-corrected chi connectivity index (χ3v) is 1.99. The molecule has 1 rings (SSSR count). The van der Waals surface area contributed by atoms with Gasteiger partial charge >= 0.3 is 0 Å². The molecule has 0 saturated heterocycles. The molecule has 60 valence electrons. The monoisotopic (exact) mass is 169 g/mol.